The van der Waals surface area contributed by atoms with Gasteiger partial charge in [-0.1, -0.05) is 36.9 Å². The first-order valence-electron chi connectivity index (χ1n) is 10.8. The SMILES string of the molecule is C=CCN(C(=O)C(CO)NC(=O)OC(C)(C)C)C(C(=O)NC(C)(C)C)c1cccc(C=C)c1. The second-order valence-electron chi connectivity index (χ2n) is 9.68. The molecular formula is C25H37N3O5. The summed E-state index contributed by atoms with van der Waals surface area (Å²) in [6.45, 7) is 17.4. The van der Waals surface area contributed by atoms with E-state index in [1.165, 1.54) is 11.0 Å². The molecule has 2 atom stereocenters. The van der Waals surface area contributed by atoms with Gasteiger partial charge in [0.05, 0.1) is 6.61 Å². The third-order valence-electron chi connectivity index (χ3n) is 4.30. The molecular weight excluding hydrogens is 422 g/mol. The molecule has 0 heterocycles. The molecule has 0 fully saturated rings. The molecule has 0 radical (unpaired) electrons. The number of ether oxygens (including phenoxy) is 1. The summed E-state index contributed by atoms with van der Waals surface area (Å²) in [5, 5.41) is 15.2. The van der Waals surface area contributed by atoms with E-state index in [0.29, 0.717) is 5.56 Å². The summed E-state index contributed by atoms with van der Waals surface area (Å²) in [5.74, 6) is -1.06. The van der Waals surface area contributed by atoms with Gasteiger partial charge in [-0.3, -0.25) is 9.59 Å². The topological polar surface area (TPSA) is 108 Å². The van der Waals surface area contributed by atoms with Crippen LogP contribution in [0.25, 0.3) is 6.08 Å². The third kappa shape index (κ3) is 9.10. The Labute approximate surface area is 196 Å². The Morgan fingerprint density at radius 2 is 1.79 bits per heavy atom. The van der Waals surface area contributed by atoms with Gasteiger partial charge in [0.1, 0.15) is 17.7 Å². The van der Waals surface area contributed by atoms with Crippen LogP contribution in [0.5, 0.6) is 0 Å². The van der Waals surface area contributed by atoms with Crippen molar-refractivity contribution in [3.63, 3.8) is 0 Å². The number of aliphatic hydroxyl groups excluding tert-OH is 1. The number of aliphatic hydroxyl groups is 1. The Balaban J connectivity index is 3.42. The van der Waals surface area contributed by atoms with Crippen LogP contribution in [-0.2, 0) is 14.3 Å². The molecule has 0 saturated carbocycles. The molecule has 2 unspecified atom stereocenters. The van der Waals surface area contributed by atoms with Gasteiger partial charge in [0.15, 0.2) is 0 Å². The lowest BCUT2D eigenvalue weighted by Gasteiger charge is -2.35. The van der Waals surface area contributed by atoms with Crippen molar-refractivity contribution in [2.24, 2.45) is 0 Å². The number of benzene rings is 1. The molecule has 0 saturated heterocycles. The van der Waals surface area contributed by atoms with Crippen molar-refractivity contribution in [3.05, 3.63) is 54.6 Å². The van der Waals surface area contributed by atoms with Crippen LogP contribution in [0, 0.1) is 0 Å². The molecule has 1 aromatic rings. The molecule has 1 aromatic carbocycles. The van der Waals surface area contributed by atoms with Crippen molar-refractivity contribution in [1.82, 2.24) is 15.5 Å². The minimum Gasteiger partial charge on any atom is -0.444 e. The maximum atomic E-state index is 13.5. The van der Waals surface area contributed by atoms with Crippen LogP contribution in [-0.4, -0.2) is 58.2 Å². The van der Waals surface area contributed by atoms with E-state index in [0.717, 1.165) is 5.56 Å². The van der Waals surface area contributed by atoms with Crippen molar-refractivity contribution in [3.8, 4) is 0 Å². The Hall–Kier alpha value is -3.13. The number of nitrogens with zero attached hydrogens (tertiary/aromatic N) is 1. The predicted molar refractivity (Wildman–Crippen MR) is 129 cm³/mol. The van der Waals surface area contributed by atoms with Crippen LogP contribution < -0.4 is 10.6 Å². The van der Waals surface area contributed by atoms with Gasteiger partial charge >= 0.3 is 6.09 Å². The Bertz CT molecular complexity index is 868. The Morgan fingerprint density at radius 3 is 2.27 bits per heavy atom. The number of rotatable bonds is 9. The highest BCUT2D eigenvalue weighted by Crippen LogP contribution is 2.25. The first-order valence-corrected chi connectivity index (χ1v) is 10.8. The first kappa shape index (κ1) is 27.9. The quantitative estimate of drug-likeness (QED) is 0.492. The molecule has 33 heavy (non-hydrogen) atoms. The Morgan fingerprint density at radius 1 is 1.15 bits per heavy atom. The monoisotopic (exact) mass is 459 g/mol. The minimum atomic E-state index is -1.31. The molecule has 0 spiro atoms. The second-order valence-corrected chi connectivity index (χ2v) is 9.68. The molecule has 3 amide bonds. The predicted octanol–water partition coefficient (Wildman–Crippen LogP) is 3.19. The molecule has 3 N–H and O–H groups in total. The van der Waals surface area contributed by atoms with E-state index in [2.05, 4.69) is 23.8 Å². The van der Waals surface area contributed by atoms with Crippen LogP contribution in [0.15, 0.2) is 43.5 Å². The van der Waals surface area contributed by atoms with Crippen LogP contribution in [0.2, 0.25) is 0 Å². The zero-order valence-electron chi connectivity index (χ0n) is 20.5. The normalized spacial score (nSPS) is 13.3. The fourth-order valence-electron chi connectivity index (χ4n) is 3.06. The molecule has 0 bridgehead atoms. The van der Waals surface area contributed by atoms with E-state index in [-0.39, 0.29) is 6.54 Å². The molecule has 8 heteroatoms. The molecule has 0 aliphatic carbocycles. The van der Waals surface area contributed by atoms with Gasteiger partial charge in [0, 0.05) is 12.1 Å². The van der Waals surface area contributed by atoms with E-state index in [4.69, 9.17) is 4.74 Å². The minimum absolute atomic E-state index is 0.00583. The lowest BCUT2D eigenvalue weighted by Crippen LogP contribution is -2.55. The summed E-state index contributed by atoms with van der Waals surface area (Å²) >= 11 is 0. The zero-order chi connectivity index (χ0) is 25.4. The van der Waals surface area contributed by atoms with Crippen molar-refractivity contribution < 1.29 is 24.2 Å². The van der Waals surface area contributed by atoms with Gasteiger partial charge in [0.2, 0.25) is 11.8 Å². The molecule has 182 valence electrons. The van der Waals surface area contributed by atoms with Gasteiger partial charge in [-0.05, 0) is 58.7 Å². The number of hydrogen-bond acceptors (Lipinski definition) is 5. The van der Waals surface area contributed by atoms with Crippen molar-refractivity contribution in [2.75, 3.05) is 13.2 Å². The van der Waals surface area contributed by atoms with E-state index in [1.807, 2.05) is 26.8 Å². The highest BCUT2D eigenvalue weighted by molar-refractivity contribution is 5.92. The summed E-state index contributed by atoms with van der Waals surface area (Å²) < 4.78 is 5.21. The van der Waals surface area contributed by atoms with Crippen LogP contribution in [0.1, 0.15) is 58.7 Å². The Kier molecular flexibility index (Phi) is 9.85. The summed E-state index contributed by atoms with van der Waals surface area (Å²) in [6, 6.07) is 4.74. The summed E-state index contributed by atoms with van der Waals surface area (Å²) in [4.78, 5) is 40.3. The fourth-order valence-corrected chi connectivity index (χ4v) is 3.06. The largest absolute Gasteiger partial charge is 0.444 e. The average Bonchev–Trinajstić information content (AvgIpc) is 2.68. The lowest BCUT2D eigenvalue weighted by atomic mass is 9.99. The van der Waals surface area contributed by atoms with Gasteiger partial charge in [-0.25, -0.2) is 4.79 Å². The summed E-state index contributed by atoms with van der Waals surface area (Å²) in [5.41, 5.74) is -0.0101. The number of amides is 3. The number of nitrogens with one attached hydrogen (secondary N) is 2. The second kappa shape index (κ2) is 11.7. The summed E-state index contributed by atoms with van der Waals surface area (Å²) in [6.07, 6.45) is 2.27. The van der Waals surface area contributed by atoms with Crippen molar-refractivity contribution in [2.45, 2.75) is 64.8 Å². The van der Waals surface area contributed by atoms with E-state index >= 15 is 0 Å². The third-order valence-corrected chi connectivity index (χ3v) is 4.30. The number of carbonyl (C=O) groups excluding carboxylic acids is 3. The zero-order valence-corrected chi connectivity index (χ0v) is 20.5. The summed E-state index contributed by atoms with van der Waals surface area (Å²) in [7, 11) is 0. The van der Waals surface area contributed by atoms with Gasteiger partial charge in [-0.2, -0.15) is 0 Å². The molecule has 1 rings (SSSR count). The van der Waals surface area contributed by atoms with E-state index < -0.39 is 47.7 Å². The highest BCUT2D eigenvalue weighted by atomic mass is 16.6. The van der Waals surface area contributed by atoms with Crippen molar-refractivity contribution in [1.29, 1.82) is 0 Å². The van der Waals surface area contributed by atoms with E-state index in [1.54, 1.807) is 45.0 Å². The van der Waals surface area contributed by atoms with Gasteiger partial charge < -0.3 is 25.4 Å². The molecule has 8 nitrogen and oxygen atoms in total. The number of carbonyl (C=O) groups is 3. The first-order chi connectivity index (χ1) is 15.2. The number of alkyl carbamates (subject to hydrolysis) is 1. The fraction of sp³-hybridized carbons (Fsp3) is 0.480. The van der Waals surface area contributed by atoms with Crippen LogP contribution >= 0.6 is 0 Å². The highest BCUT2D eigenvalue weighted by Gasteiger charge is 2.36. The average molecular weight is 460 g/mol. The lowest BCUT2D eigenvalue weighted by molar-refractivity contribution is -0.143. The van der Waals surface area contributed by atoms with Gasteiger partial charge in [0.25, 0.3) is 0 Å². The molecule has 0 aliphatic rings. The standard InChI is InChI=1S/C25H37N3O5/c1-9-14-28(22(31)19(16-29)26-23(32)33-25(6,7)8)20(21(30)27-24(3,4)5)18-13-11-12-17(10-2)15-18/h9-13,15,19-20,29H,1-2,14,16H2,3-8H3,(H,26,32)(H,27,30). The smallest absolute Gasteiger partial charge is 0.408 e. The molecule has 0 aliphatic heterocycles. The maximum Gasteiger partial charge on any atom is 0.408 e. The molecule has 0 aromatic heterocycles. The van der Waals surface area contributed by atoms with E-state index in [9.17, 15) is 19.5 Å². The van der Waals surface area contributed by atoms with Crippen LogP contribution in [0.4, 0.5) is 4.79 Å². The van der Waals surface area contributed by atoms with Crippen molar-refractivity contribution >= 4 is 24.0 Å². The van der Waals surface area contributed by atoms with Gasteiger partial charge in [-0.15, -0.1) is 6.58 Å². The maximum absolute atomic E-state index is 13.5. The van der Waals surface area contributed by atoms with Crippen LogP contribution in [0.3, 0.4) is 0 Å². The number of hydrogen-bond donors (Lipinski definition) is 3.